The lowest BCUT2D eigenvalue weighted by atomic mass is 9.87. The van der Waals surface area contributed by atoms with E-state index in [0.29, 0.717) is 16.5 Å². The van der Waals surface area contributed by atoms with Crippen molar-refractivity contribution in [3.8, 4) is 11.1 Å². The minimum absolute atomic E-state index is 0.0469. The maximum absolute atomic E-state index is 12.8. The quantitative estimate of drug-likeness (QED) is 0.631. The van der Waals surface area contributed by atoms with Crippen LogP contribution in [0.1, 0.15) is 74.2 Å². The van der Waals surface area contributed by atoms with Gasteiger partial charge in [-0.25, -0.2) is 0 Å². The molecule has 2 aromatic carbocycles. The van der Waals surface area contributed by atoms with Crippen LogP contribution in [0.15, 0.2) is 42.5 Å². The molecule has 0 unspecified atom stereocenters. The van der Waals surface area contributed by atoms with Gasteiger partial charge >= 0.3 is 0 Å². The Hall–Kier alpha value is -1.84. The number of carbonyl (C=O) groups is 1. The maximum atomic E-state index is 12.8. The summed E-state index contributed by atoms with van der Waals surface area (Å²) in [7, 11) is 0. The molecular weight excluding hydrogens is 370 g/mol. The molecule has 3 rings (SSSR count). The molecule has 0 radical (unpaired) electrons. The number of hydrogen-bond donors (Lipinski definition) is 2. The van der Waals surface area contributed by atoms with E-state index < -0.39 is 0 Å². The number of aliphatic hydroxyl groups is 1. The Morgan fingerprint density at radius 1 is 1.11 bits per heavy atom. The third kappa shape index (κ3) is 4.95. The minimum Gasteiger partial charge on any atom is -0.393 e. The molecule has 0 aromatic heterocycles. The van der Waals surface area contributed by atoms with E-state index in [1.165, 1.54) is 5.56 Å². The van der Waals surface area contributed by atoms with Crippen LogP contribution in [0.3, 0.4) is 0 Å². The van der Waals surface area contributed by atoms with E-state index in [0.717, 1.165) is 49.7 Å². The molecule has 2 aromatic rings. The molecule has 1 aliphatic rings. The molecule has 0 bridgehead atoms. The predicted octanol–water partition coefficient (Wildman–Crippen LogP) is 5.94. The lowest BCUT2D eigenvalue weighted by Crippen LogP contribution is -2.38. The monoisotopic (exact) mass is 399 g/mol. The van der Waals surface area contributed by atoms with Gasteiger partial charge in [0, 0.05) is 16.6 Å². The van der Waals surface area contributed by atoms with E-state index in [1.807, 2.05) is 36.4 Å². The summed E-state index contributed by atoms with van der Waals surface area (Å²) >= 11 is 6.30. The highest BCUT2D eigenvalue weighted by molar-refractivity contribution is 6.30. The lowest BCUT2D eigenvalue weighted by molar-refractivity contribution is 0.0867. The van der Waals surface area contributed by atoms with Gasteiger partial charge in [-0.15, -0.1) is 0 Å². The SMILES string of the molecule is CCC(CC)c1ccc(Cl)cc1-c1cccc(C(=O)NC2CCC(O)CC2)c1. The van der Waals surface area contributed by atoms with E-state index in [2.05, 4.69) is 25.2 Å². The summed E-state index contributed by atoms with van der Waals surface area (Å²) < 4.78 is 0. The smallest absolute Gasteiger partial charge is 0.251 e. The first-order valence-corrected chi connectivity index (χ1v) is 10.8. The Bertz CT molecular complexity index is 808. The van der Waals surface area contributed by atoms with Crippen LogP contribution in [0.25, 0.3) is 11.1 Å². The summed E-state index contributed by atoms with van der Waals surface area (Å²) in [5.41, 5.74) is 4.08. The van der Waals surface area contributed by atoms with Crippen LogP contribution in [0.5, 0.6) is 0 Å². The number of amides is 1. The molecule has 28 heavy (non-hydrogen) atoms. The van der Waals surface area contributed by atoms with Crippen LogP contribution < -0.4 is 5.32 Å². The third-order valence-corrected chi connectivity index (χ3v) is 6.14. The van der Waals surface area contributed by atoms with Crippen molar-refractivity contribution >= 4 is 17.5 Å². The first kappa shape index (κ1) is 20.9. The Balaban J connectivity index is 1.85. The average Bonchev–Trinajstić information content (AvgIpc) is 2.71. The number of hydrogen-bond acceptors (Lipinski definition) is 2. The fraction of sp³-hybridized carbons (Fsp3) is 0.458. The predicted molar refractivity (Wildman–Crippen MR) is 116 cm³/mol. The van der Waals surface area contributed by atoms with Crippen molar-refractivity contribution < 1.29 is 9.90 Å². The molecule has 2 N–H and O–H groups in total. The van der Waals surface area contributed by atoms with Gasteiger partial charge in [0.1, 0.15) is 0 Å². The van der Waals surface area contributed by atoms with E-state index >= 15 is 0 Å². The van der Waals surface area contributed by atoms with Crippen LogP contribution in [-0.4, -0.2) is 23.2 Å². The van der Waals surface area contributed by atoms with Gasteiger partial charge in [0.15, 0.2) is 0 Å². The highest BCUT2D eigenvalue weighted by Crippen LogP contribution is 2.35. The van der Waals surface area contributed by atoms with Crippen LogP contribution >= 0.6 is 11.6 Å². The van der Waals surface area contributed by atoms with E-state index in [1.54, 1.807) is 0 Å². The van der Waals surface area contributed by atoms with Gasteiger partial charge in [0.25, 0.3) is 5.91 Å². The zero-order valence-electron chi connectivity index (χ0n) is 16.7. The number of benzene rings is 2. The Morgan fingerprint density at radius 2 is 1.82 bits per heavy atom. The highest BCUT2D eigenvalue weighted by Gasteiger charge is 2.21. The van der Waals surface area contributed by atoms with Gasteiger partial charge in [0.05, 0.1) is 6.10 Å². The number of rotatable bonds is 6. The molecule has 0 saturated heterocycles. The van der Waals surface area contributed by atoms with Crippen molar-refractivity contribution in [3.63, 3.8) is 0 Å². The van der Waals surface area contributed by atoms with Gasteiger partial charge < -0.3 is 10.4 Å². The zero-order chi connectivity index (χ0) is 20.1. The summed E-state index contributed by atoms with van der Waals surface area (Å²) in [4.78, 5) is 12.8. The second-order valence-corrected chi connectivity index (χ2v) is 8.24. The summed E-state index contributed by atoms with van der Waals surface area (Å²) in [6, 6.07) is 14.0. The first-order valence-electron chi connectivity index (χ1n) is 10.4. The molecule has 4 heteroatoms. The van der Waals surface area contributed by atoms with E-state index in [4.69, 9.17) is 11.6 Å². The first-order chi connectivity index (χ1) is 13.5. The number of aliphatic hydroxyl groups excluding tert-OH is 1. The molecule has 0 spiro atoms. The van der Waals surface area contributed by atoms with Gasteiger partial charge in [-0.1, -0.05) is 43.6 Å². The van der Waals surface area contributed by atoms with Crippen LogP contribution in [0.2, 0.25) is 5.02 Å². The molecule has 150 valence electrons. The van der Waals surface area contributed by atoms with Crippen molar-refractivity contribution in [2.24, 2.45) is 0 Å². The third-order valence-electron chi connectivity index (χ3n) is 5.91. The van der Waals surface area contributed by atoms with Gasteiger partial charge in [-0.3, -0.25) is 4.79 Å². The zero-order valence-corrected chi connectivity index (χ0v) is 17.5. The molecule has 1 saturated carbocycles. The topological polar surface area (TPSA) is 49.3 Å². The van der Waals surface area contributed by atoms with Crippen molar-refractivity contribution in [2.75, 3.05) is 0 Å². The molecule has 1 aliphatic carbocycles. The second kappa shape index (κ2) is 9.58. The van der Waals surface area contributed by atoms with E-state index in [-0.39, 0.29) is 18.1 Å². The molecule has 0 atom stereocenters. The maximum Gasteiger partial charge on any atom is 0.251 e. The Kier molecular flexibility index (Phi) is 7.14. The molecule has 0 heterocycles. The van der Waals surface area contributed by atoms with E-state index in [9.17, 15) is 9.90 Å². The van der Waals surface area contributed by atoms with Crippen molar-refractivity contribution in [1.29, 1.82) is 0 Å². The summed E-state index contributed by atoms with van der Waals surface area (Å²) in [5, 5.41) is 13.5. The summed E-state index contributed by atoms with van der Waals surface area (Å²) in [6.07, 6.45) is 5.10. The van der Waals surface area contributed by atoms with Crippen LogP contribution in [0, 0.1) is 0 Å². The standard InChI is InChI=1S/C24H30ClNO2/c1-3-16(4-2)22-13-8-19(25)15-23(22)17-6-5-7-18(14-17)24(28)26-20-9-11-21(27)12-10-20/h5-8,13-16,20-21,27H,3-4,9-12H2,1-2H3,(H,26,28). The highest BCUT2D eigenvalue weighted by atomic mass is 35.5. The van der Waals surface area contributed by atoms with Crippen LogP contribution in [-0.2, 0) is 0 Å². The minimum atomic E-state index is -0.220. The number of nitrogens with one attached hydrogen (secondary N) is 1. The van der Waals surface area contributed by atoms with Crippen molar-refractivity contribution in [3.05, 3.63) is 58.6 Å². The lowest BCUT2D eigenvalue weighted by Gasteiger charge is -2.26. The second-order valence-electron chi connectivity index (χ2n) is 7.80. The molecule has 0 aliphatic heterocycles. The number of carbonyl (C=O) groups excluding carboxylic acids is 1. The van der Waals surface area contributed by atoms with Gasteiger partial charge in [-0.2, -0.15) is 0 Å². The van der Waals surface area contributed by atoms with Crippen molar-refractivity contribution in [1.82, 2.24) is 5.32 Å². The Morgan fingerprint density at radius 3 is 2.50 bits per heavy atom. The van der Waals surface area contributed by atoms with Gasteiger partial charge in [0.2, 0.25) is 0 Å². The van der Waals surface area contributed by atoms with Gasteiger partial charge in [-0.05, 0) is 85.4 Å². The fourth-order valence-corrected chi connectivity index (χ4v) is 4.35. The summed E-state index contributed by atoms with van der Waals surface area (Å²) in [6.45, 7) is 4.41. The largest absolute Gasteiger partial charge is 0.393 e. The Labute approximate surface area is 173 Å². The molecule has 1 amide bonds. The molecule has 1 fully saturated rings. The average molecular weight is 400 g/mol. The fourth-order valence-electron chi connectivity index (χ4n) is 4.18. The normalized spacial score (nSPS) is 19.6. The molecular formula is C24H30ClNO2. The summed E-state index contributed by atoms with van der Waals surface area (Å²) in [5.74, 6) is 0.424. The number of halogens is 1. The van der Waals surface area contributed by atoms with Crippen molar-refractivity contribution in [2.45, 2.75) is 70.4 Å². The molecule has 3 nitrogen and oxygen atoms in total. The van der Waals surface area contributed by atoms with Crippen LogP contribution in [0.4, 0.5) is 0 Å².